The van der Waals surface area contributed by atoms with Crippen molar-refractivity contribution in [3.05, 3.63) is 11.9 Å². The van der Waals surface area contributed by atoms with Crippen LogP contribution in [0.25, 0.3) is 0 Å². The van der Waals surface area contributed by atoms with Crippen LogP contribution in [0.1, 0.15) is 30.3 Å². The molecule has 0 saturated heterocycles. The summed E-state index contributed by atoms with van der Waals surface area (Å²) in [5, 5.41) is 6.10. The first-order valence-electron chi connectivity index (χ1n) is 4.21. The van der Waals surface area contributed by atoms with Crippen molar-refractivity contribution >= 4 is 11.7 Å². The molecule has 5 nitrogen and oxygen atoms in total. The standard InChI is InChI=1S/C8H13N3O2/c1-2-3-4-13-8(12)7-6(9)5-10-11-7/h5H,2-4,9H2,1H3,(H,10,11). The molecule has 1 aromatic rings. The van der Waals surface area contributed by atoms with E-state index in [1.165, 1.54) is 6.20 Å². The van der Waals surface area contributed by atoms with Crippen molar-refractivity contribution in [1.82, 2.24) is 10.2 Å². The van der Waals surface area contributed by atoms with Crippen LogP contribution in [0.2, 0.25) is 0 Å². The lowest BCUT2D eigenvalue weighted by Crippen LogP contribution is -2.08. The van der Waals surface area contributed by atoms with Crippen molar-refractivity contribution in [3.63, 3.8) is 0 Å². The Morgan fingerprint density at radius 1 is 1.77 bits per heavy atom. The van der Waals surface area contributed by atoms with Crippen molar-refractivity contribution in [2.45, 2.75) is 19.8 Å². The second kappa shape index (κ2) is 4.49. The largest absolute Gasteiger partial charge is 0.461 e. The maximum absolute atomic E-state index is 11.2. The fourth-order valence-corrected chi connectivity index (χ4v) is 0.840. The van der Waals surface area contributed by atoms with Crippen LogP contribution in [-0.4, -0.2) is 22.8 Å². The summed E-state index contributed by atoms with van der Waals surface area (Å²) in [5.74, 6) is -0.441. The van der Waals surface area contributed by atoms with E-state index in [-0.39, 0.29) is 5.69 Å². The number of H-pyrrole nitrogens is 1. The lowest BCUT2D eigenvalue weighted by Gasteiger charge is -2.01. The number of nitrogens with zero attached hydrogens (tertiary/aromatic N) is 1. The summed E-state index contributed by atoms with van der Waals surface area (Å²) in [5.41, 5.74) is 6.00. The molecule has 0 aliphatic carbocycles. The number of nitrogens with two attached hydrogens (primary N) is 1. The Hall–Kier alpha value is -1.52. The van der Waals surface area contributed by atoms with Crippen LogP contribution < -0.4 is 5.73 Å². The number of aromatic amines is 1. The van der Waals surface area contributed by atoms with E-state index < -0.39 is 5.97 Å². The third-order valence-electron chi connectivity index (χ3n) is 1.60. The minimum Gasteiger partial charge on any atom is -0.461 e. The van der Waals surface area contributed by atoms with Gasteiger partial charge in [-0.1, -0.05) is 13.3 Å². The van der Waals surface area contributed by atoms with Crippen LogP contribution in [0.4, 0.5) is 5.69 Å². The Labute approximate surface area is 76.3 Å². The number of unbranched alkanes of at least 4 members (excludes halogenated alkanes) is 1. The van der Waals surface area contributed by atoms with Crippen LogP contribution in [0.3, 0.4) is 0 Å². The second-order valence-corrected chi connectivity index (χ2v) is 2.69. The van der Waals surface area contributed by atoms with E-state index in [0.29, 0.717) is 12.3 Å². The van der Waals surface area contributed by atoms with Crippen LogP contribution in [-0.2, 0) is 4.74 Å². The average molecular weight is 183 g/mol. The van der Waals surface area contributed by atoms with Gasteiger partial charge in [-0.05, 0) is 6.42 Å². The van der Waals surface area contributed by atoms with E-state index >= 15 is 0 Å². The number of esters is 1. The molecule has 0 atom stereocenters. The van der Waals surface area contributed by atoms with Crippen LogP contribution >= 0.6 is 0 Å². The van der Waals surface area contributed by atoms with Gasteiger partial charge in [-0.2, -0.15) is 5.10 Å². The van der Waals surface area contributed by atoms with E-state index in [1.54, 1.807) is 0 Å². The first-order valence-corrected chi connectivity index (χ1v) is 4.21. The number of aromatic nitrogens is 2. The number of carbonyl (C=O) groups is 1. The molecule has 3 N–H and O–H groups in total. The zero-order valence-corrected chi connectivity index (χ0v) is 7.54. The number of nitrogen functional groups attached to an aromatic ring is 1. The Kier molecular flexibility index (Phi) is 3.31. The molecule has 0 amide bonds. The van der Waals surface area contributed by atoms with Gasteiger partial charge in [0.25, 0.3) is 0 Å². The number of rotatable bonds is 4. The number of nitrogens with one attached hydrogen (secondary N) is 1. The van der Waals surface area contributed by atoms with Gasteiger partial charge < -0.3 is 10.5 Å². The number of ether oxygens (including phenoxy) is 1. The van der Waals surface area contributed by atoms with Crippen LogP contribution in [0, 0.1) is 0 Å². The second-order valence-electron chi connectivity index (χ2n) is 2.69. The highest BCUT2D eigenvalue weighted by molar-refractivity contribution is 5.92. The molecule has 0 spiro atoms. The van der Waals surface area contributed by atoms with Gasteiger partial charge >= 0.3 is 5.97 Å². The summed E-state index contributed by atoms with van der Waals surface area (Å²) in [6.07, 6.45) is 3.24. The summed E-state index contributed by atoms with van der Waals surface area (Å²) in [7, 11) is 0. The lowest BCUT2D eigenvalue weighted by atomic mass is 10.3. The van der Waals surface area contributed by atoms with Crippen molar-refractivity contribution in [1.29, 1.82) is 0 Å². The zero-order chi connectivity index (χ0) is 9.68. The molecular weight excluding hydrogens is 170 g/mol. The number of hydrogen-bond donors (Lipinski definition) is 2. The van der Waals surface area contributed by atoms with Crippen molar-refractivity contribution in [2.75, 3.05) is 12.3 Å². The molecule has 0 fully saturated rings. The maximum Gasteiger partial charge on any atom is 0.358 e. The van der Waals surface area contributed by atoms with Gasteiger partial charge in [-0.15, -0.1) is 0 Å². The monoisotopic (exact) mass is 183 g/mol. The predicted octanol–water partition coefficient (Wildman–Crippen LogP) is 0.949. The summed E-state index contributed by atoms with van der Waals surface area (Å²) >= 11 is 0. The van der Waals surface area contributed by atoms with Gasteiger partial charge in [-0.3, -0.25) is 5.10 Å². The average Bonchev–Trinajstić information content (AvgIpc) is 2.52. The Balaban J connectivity index is 2.45. The summed E-state index contributed by atoms with van der Waals surface area (Å²) in [6, 6.07) is 0. The molecule has 0 aliphatic rings. The molecule has 0 radical (unpaired) electrons. The van der Waals surface area contributed by atoms with E-state index in [0.717, 1.165) is 12.8 Å². The smallest absolute Gasteiger partial charge is 0.358 e. The summed E-state index contributed by atoms with van der Waals surface area (Å²) in [6.45, 7) is 2.45. The Morgan fingerprint density at radius 3 is 3.08 bits per heavy atom. The molecule has 5 heteroatoms. The van der Waals surface area contributed by atoms with Gasteiger partial charge in [0.05, 0.1) is 18.5 Å². The topological polar surface area (TPSA) is 81.0 Å². The van der Waals surface area contributed by atoms with E-state index in [4.69, 9.17) is 10.5 Å². The zero-order valence-electron chi connectivity index (χ0n) is 7.54. The van der Waals surface area contributed by atoms with E-state index in [9.17, 15) is 4.79 Å². The number of carbonyl (C=O) groups excluding carboxylic acids is 1. The molecule has 1 aromatic heterocycles. The molecule has 0 bridgehead atoms. The fraction of sp³-hybridized carbons (Fsp3) is 0.500. The third-order valence-corrected chi connectivity index (χ3v) is 1.60. The normalized spacial score (nSPS) is 9.92. The maximum atomic E-state index is 11.2. The minimum atomic E-state index is -0.441. The van der Waals surface area contributed by atoms with Crippen LogP contribution in [0.5, 0.6) is 0 Å². The van der Waals surface area contributed by atoms with Crippen molar-refractivity contribution in [3.8, 4) is 0 Å². The molecule has 0 aliphatic heterocycles. The molecule has 72 valence electrons. The summed E-state index contributed by atoms with van der Waals surface area (Å²) < 4.78 is 4.92. The first kappa shape index (κ1) is 9.57. The molecular formula is C8H13N3O2. The number of hydrogen-bond acceptors (Lipinski definition) is 4. The quantitative estimate of drug-likeness (QED) is 0.538. The molecule has 0 aromatic carbocycles. The highest BCUT2D eigenvalue weighted by Crippen LogP contribution is 2.07. The minimum absolute atomic E-state index is 0.233. The number of anilines is 1. The highest BCUT2D eigenvalue weighted by atomic mass is 16.5. The van der Waals surface area contributed by atoms with Gasteiger partial charge in [0.15, 0.2) is 5.69 Å². The van der Waals surface area contributed by atoms with Crippen LogP contribution in [0.15, 0.2) is 6.20 Å². The van der Waals surface area contributed by atoms with Gasteiger partial charge in [0, 0.05) is 0 Å². The van der Waals surface area contributed by atoms with Crippen molar-refractivity contribution < 1.29 is 9.53 Å². The van der Waals surface area contributed by atoms with E-state index in [1.807, 2.05) is 6.92 Å². The van der Waals surface area contributed by atoms with Gasteiger partial charge in [0.1, 0.15) is 0 Å². The van der Waals surface area contributed by atoms with Crippen molar-refractivity contribution in [2.24, 2.45) is 0 Å². The Morgan fingerprint density at radius 2 is 2.54 bits per heavy atom. The third kappa shape index (κ3) is 2.47. The van der Waals surface area contributed by atoms with E-state index in [2.05, 4.69) is 10.2 Å². The first-order chi connectivity index (χ1) is 6.25. The molecule has 1 rings (SSSR count). The molecule has 1 heterocycles. The van der Waals surface area contributed by atoms with Gasteiger partial charge in [-0.25, -0.2) is 4.79 Å². The lowest BCUT2D eigenvalue weighted by molar-refractivity contribution is 0.0494. The summed E-state index contributed by atoms with van der Waals surface area (Å²) in [4.78, 5) is 11.2. The fourth-order valence-electron chi connectivity index (χ4n) is 0.840. The molecule has 13 heavy (non-hydrogen) atoms. The van der Waals surface area contributed by atoms with Gasteiger partial charge in [0.2, 0.25) is 0 Å². The highest BCUT2D eigenvalue weighted by Gasteiger charge is 2.12. The predicted molar refractivity (Wildman–Crippen MR) is 48.2 cm³/mol. The molecule has 0 saturated carbocycles. The SMILES string of the molecule is CCCCOC(=O)c1[nH]ncc1N. The Bertz CT molecular complexity index is 283. The molecule has 0 unspecified atom stereocenters.